The van der Waals surface area contributed by atoms with Crippen LogP contribution >= 0.6 is 0 Å². The van der Waals surface area contributed by atoms with Crippen molar-refractivity contribution in [2.45, 2.75) is 13.8 Å². The van der Waals surface area contributed by atoms with Crippen LogP contribution in [-0.4, -0.2) is 53.3 Å². The number of hydrogen-bond acceptors (Lipinski definition) is 4. The third kappa shape index (κ3) is 2.78. The van der Waals surface area contributed by atoms with Gasteiger partial charge in [0.1, 0.15) is 11.3 Å². The van der Waals surface area contributed by atoms with E-state index in [4.69, 9.17) is 0 Å². The fraction of sp³-hybridized carbons (Fsp3) is 0.500. The molecule has 3 heterocycles. The van der Waals surface area contributed by atoms with Crippen molar-refractivity contribution < 1.29 is 4.79 Å². The largest absolute Gasteiger partial charge is 0.352 e. The van der Waals surface area contributed by atoms with Gasteiger partial charge < -0.3 is 4.90 Å². The average molecular weight is 286 g/mol. The number of hydrogen-bond donors (Lipinski definition) is 0. The molecule has 1 fully saturated rings. The first-order valence-corrected chi connectivity index (χ1v) is 7.58. The Bertz CT molecular complexity index is 626. The summed E-state index contributed by atoms with van der Waals surface area (Å²) in [7, 11) is 0. The fourth-order valence-corrected chi connectivity index (χ4v) is 3.00. The quantitative estimate of drug-likeness (QED) is 0.805. The summed E-state index contributed by atoms with van der Waals surface area (Å²) in [5.74, 6) is 1.51. The lowest BCUT2D eigenvalue weighted by Gasteiger charge is -2.35. The smallest absolute Gasteiger partial charge is 0.170 e. The van der Waals surface area contributed by atoms with Crippen molar-refractivity contribution in [2.75, 3.05) is 37.6 Å². The predicted molar refractivity (Wildman–Crippen MR) is 84.1 cm³/mol. The number of aldehydes is 1. The van der Waals surface area contributed by atoms with Crippen molar-refractivity contribution in [3.63, 3.8) is 0 Å². The van der Waals surface area contributed by atoms with Crippen LogP contribution in [-0.2, 0) is 0 Å². The van der Waals surface area contributed by atoms with Crippen molar-refractivity contribution >= 4 is 17.8 Å². The highest BCUT2D eigenvalue weighted by atomic mass is 16.1. The third-order valence-electron chi connectivity index (χ3n) is 3.95. The maximum atomic E-state index is 11.5. The van der Waals surface area contributed by atoms with Crippen LogP contribution in [0.1, 0.15) is 24.3 Å². The van der Waals surface area contributed by atoms with Crippen molar-refractivity contribution in [1.29, 1.82) is 0 Å². The van der Waals surface area contributed by atoms with Gasteiger partial charge in [-0.1, -0.05) is 19.9 Å². The second kappa shape index (κ2) is 5.85. The highest BCUT2D eigenvalue weighted by Crippen LogP contribution is 2.21. The van der Waals surface area contributed by atoms with Crippen LogP contribution in [0, 0.1) is 5.92 Å². The van der Waals surface area contributed by atoms with E-state index in [0.717, 1.165) is 50.5 Å². The number of carbonyl (C=O) groups is 1. The van der Waals surface area contributed by atoms with E-state index in [1.54, 1.807) is 0 Å². The van der Waals surface area contributed by atoms with Gasteiger partial charge in [-0.25, -0.2) is 4.98 Å². The van der Waals surface area contributed by atoms with Gasteiger partial charge in [0.05, 0.1) is 0 Å². The van der Waals surface area contributed by atoms with E-state index >= 15 is 0 Å². The first kappa shape index (κ1) is 14.1. The van der Waals surface area contributed by atoms with Crippen LogP contribution in [0.25, 0.3) is 5.65 Å². The zero-order valence-electron chi connectivity index (χ0n) is 12.7. The van der Waals surface area contributed by atoms with Gasteiger partial charge in [-0.15, -0.1) is 0 Å². The zero-order chi connectivity index (χ0) is 14.8. The number of aromatic nitrogens is 2. The lowest BCUT2D eigenvalue weighted by Crippen LogP contribution is -2.47. The van der Waals surface area contributed by atoms with Crippen LogP contribution in [0.15, 0.2) is 24.4 Å². The number of nitrogens with zero attached hydrogens (tertiary/aromatic N) is 4. The van der Waals surface area contributed by atoms with Gasteiger partial charge in [-0.05, 0) is 18.1 Å². The molecule has 0 saturated carbocycles. The molecule has 0 amide bonds. The highest BCUT2D eigenvalue weighted by molar-refractivity contribution is 5.83. The van der Waals surface area contributed by atoms with E-state index in [0.29, 0.717) is 11.6 Å². The molecule has 0 bridgehead atoms. The first-order valence-electron chi connectivity index (χ1n) is 7.58. The molecule has 0 aliphatic carbocycles. The average Bonchev–Trinajstić information content (AvgIpc) is 2.86. The van der Waals surface area contributed by atoms with E-state index < -0.39 is 0 Å². The second-order valence-corrected chi connectivity index (χ2v) is 6.05. The molecule has 1 aliphatic heterocycles. The maximum absolute atomic E-state index is 11.5. The molecular formula is C16H22N4O. The molecule has 112 valence electrons. The summed E-state index contributed by atoms with van der Waals surface area (Å²) in [6, 6.07) is 5.80. The SMILES string of the molecule is CC(C)CN1CCN(c2nc3ccccn3c2C=O)CC1. The first-order chi connectivity index (χ1) is 10.2. The molecular weight excluding hydrogens is 264 g/mol. The molecule has 2 aromatic heterocycles. The molecule has 21 heavy (non-hydrogen) atoms. The number of pyridine rings is 1. The van der Waals surface area contributed by atoms with Gasteiger partial charge in [-0.2, -0.15) is 0 Å². The molecule has 5 heteroatoms. The summed E-state index contributed by atoms with van der Waals surface area (Å²) in [5, 5.41) is 0. The van der Waals surface area contributed by atoms with E-state index in [2.05, 4.69) is 28.6 Å². The molecule has 1 saturated heterocycles. The molecule has 0 aromatic carbocycles. The molecule has 5 nitrogen and oxygen atoms in total. The van der Waals surface area contributed by atoms with Crippen LogP contribution in [0.3, 0.4) is 0 Å². The number of piperazine rings is 1. The maximum Gasteiger partial charge on any atom is 0.170 e. The van der Waals surface area contributed by atoms with Gasteiger partial charge >= 0.3 is 0 Å². The number of imidazole rings is 1. The summed E-state index contributed by atoms with van der Waals surface area (Å²) < 4.78 is 1.86. The Labute approximate surface area is 125 Å². The minimum Gasteiger partial charge on any atom is -0.352 e. The van der Waals surface area contributed by atoms with Crippen molar-refractivity contribution in [1.82, 2.24) is 14.3 Å². The second-order valence-electron chi connectivity index (χ2n) is 6.05. The number of carbonyl (C=O) groups excluding carboxylic acids is 1. The van der Waals surface area contributed by atoms with Gasteiger partial charge in [0.2, 0.25) is 0 Å². The molecule has 3 rings (SSSR count). The third-order valence-corrected chi connectivity index (χ3v) is 3.95. The summed E-state index contributed by atoms with van der Waals surface area (Å²) in [5.41, 5.74) is 1.49. The van der Waals surface area contributed by atoms with E-state index in [9.17, 15) is 4.79 Å². The Morgan fingerprint density at radius 2 is 2.00 bits per heavy atom. The minimum atomic E-state index is 0.655. The van der Waals surface area contributed by atoms with Crippen LogP contribution in [0.4, 0.5) is 5.82 Å². The lowest BCUT2D eigenvalue weighted by molar-refractivity contribution is 0.111. The number of rotatable bonds is 4. The standard InChI is InChI=1S/C16H22N4O/c1-13(2)11-18-7-9-19(10-8-18)16-14(12-21)20-6-4-3-5-15(20)17-16/h3-6,12-13H,7-11H2,1-2H3. The van der Waals surface area contributed by atoms with Crippen LogP contribution < -0.4 is 4.90 Å². The predicted octanol–water partition coefficient (Wildman–Crippen LogP) is 1.92. The monoisotopic (exact) mass is 286 g/mol. The van der Waals surface area contributed by atoms with Gasteiger partial charge in [0.15, 0.2) is 12.1 Å². The molecule has 2 aromatic rings. The summed E-state index contributed by atoms with van der Waals surface area (Å²) in [4.78, 5) is 20.8. The number of fused-ring (bicyclic) bond motifs is 1. The molecule has 0 atom stereocenters. The number of anilines is 1. The molecule has 0 radical (unpaired) electrons. The van der Waals surface area contributed by atoms with Crippen LogP contribution in [0.2, 0.25) is 0 Å². The summed E-state index contributed by atoms with van der Waals surface area (Å²) in [6.45, 7) is 9.56. The van der Waals surface area contributed by atoms with Gasteiger partial charge in [0.25, 0.3) is 0 Å². The van der Waals surface area contributed by atoms with E-state index in [-0.39, 0.29) is 0 Å². The Morgan fingerprint density at radius 3 is 2.67 bits per heavy atom. The van der Waals surface area contributed by atoms with E-state index in [1.165, 1.54) is 0 Å². The molecule has 0 N–H and O–H groups in total. The summed E-state index contributed by atoms with van der Waals surface area (Å²) >= 11 is 0. The van der Waals surface area contributed by atoms with Gasteiger partial charge in [0, 0.05) is 38.9 Å². The van der Waals surface area contributed by atoms with E-state index in [1.807, 2.05) is 28.8 Å². The van der Waals surface area contributed by atoms with Crippen molar-refractivity contribution in [2.24, 2.45) is 5.92 Å². The Morgan fingerprint density at radius 1 is 1.24 bits per heavy atom. The Balaban J connectivity index is 1.80. The van der Waals surface area contributed by atoms with Crippen LogP contribution in [0.5, 0.6) is 0 Å². The van der Waals surface area contributed by atoms with Gasteiger partial charge in [-0.3, -0.25) is 14.1 Å². The Hall–Kier alpha value is -1.88. The normalized spacial score (nSPS) is 16.8. The van der Waals surface area contributed by atoms with Crippen molar-refractivity contribution in [3.05, 3.63) is 30.1 Å². The zero-order valence-corrected chi connectivity index (χ0v) is 12.7. The molecule has 0 spiro atoms. The Kier molecular flexibility index (Phi) is 3.92. The molecule has 1 aliphatic rings. The minimum absolute atomic E-state index is 0.655. The molecule has 0 unspecified atom stereocenters. The topological polar surface area (TPSA) is 40.9 Å². The fourth-order valence-electron chi connectivity index (χ4n) is 3.00. The lowest BCUT2D eigenvalue weighted by atomic mass is 10.2. The highest BCUT2D eigenvalue weighted by Gasteiger charge is 2.22. The van der Waals surface area contributed by atoms with Crippen molar-refractivity contribution in [3.8, 4) is 0 Å². The summed E-state index contributed by atoms with van der Waals surface area (Å²) in [6.07, 6.45) is 2.81.